The monoisotopic (exact) mass is 280 g/mol. The zero-order valence-corrected chi connectivity index (χ0v) is 14.5. The fourth-order valence-electron chi connectivity index (χ4n) is 2.85. The highest BCUT2D eigenvalue weighted by molar-refractivity contribution is 5.27. The minimum absolute atomic E-state index is 0.346. The number of likely N-dealkylation sites (N-methyl/N-ethyl adjacent to an activating group) is 1. The van der Waals surface area contributed by atoms with Crippen molar-refractivity contribution in [3.8, 4) is 0 Å². The summed E-state index contributed by atoms with van der Waals surface area (Å²) in [6, 6.07) is 0.924. The van der Waals surface area contributed by atoms with Crippen molar-refractivity contribution in [1.29, 1.82) is 0 Å². The summed E-state index contributed by atoms with van der Waals surface area (Å²) in [5.41, 5.74) is 3.73. The largest absolute Gasteiger partial charge is 0.309 e. The average molecular weight is 280 g/mol. The lowest BCUT2D eigenvalue weighted by Crippen LogP contribution is -2.39. The Kier molecular flexibility index (Phi) is 6.21. The molecule has 1 N–H and O–H groups in total. The van der Waals surface area contributed by atoms with Gasteiger partial charge < -0.3 is 10.2 Å². The van der Waals surface area contributed by atoms with Crippen molar-refractivity contribution < 1.29 is 0 Å². The molecule has 0 spiro atoms. The van der Waals surface area contributed by atoms with Crippen LogP contribution < -0.4 is 5.32 Å². The van der Waals surface area contributed by atoms with E-state index < -0.39 is 0 Å². The van der Waals surface area contributed by atoms with E-state index in [0.29, 0.717) is 12.1 Å². The fraction of sp³-hybridized carbons (Fsp3) is 0.812. The molecule has 2 atom stereocenters. The maximum absolute atomic E-state index is 4.51. The van der Waals surface area contributed by atoms with Gasteiger partial charge in [-0.2, -0.15) is 5.10 Å². The third-order valence-corrected chi connectivity index (χ3v) is 4.13. The van der Waals surface area contributed by atoms with Gasteiger partial charge in [0.1, 0.15) is 0 Å². The molecule has 0 bridgehead atoms. The lowest BCUT2D eigenvalue weighted by Gasteiger charge is -2.28. The van der Waals surface area contributed by atoms with Gasteiger partial charge in [-0.3, -0.25) is 4.68 Å². The van der Waals surface area contributed by atoms with Crippen molar-refractivity contribution in [3.05, 3.63) is 17.0 Å². The minimum atomic E-state index is 0.346. The van der Waals surface area contributed by atoms with Gasteiger partial charge in [0.15, 0.2) is 0 Å². The maximum atomic E-state index is 4.51. The molecule has 4 nitrogen and oxygen atoms in total. The van der Waals surface area contributed by atoms with Crippen molar-refractivity contribution in [3.63, 3.8) is 0 Å². The number of hydrogen-bond acceptors (Lipinski definition) is 3. The van der Waals surface area contributed by atoms with E-state index in [2.05, 4.69) is 64.0 Å². The predicted octanol–water partition coefficient (Wildman–Crippen LogP) is 2.66. The van der Waals surface area contributed by atoms with Crippen molar-refractivity contribution in [2.24, 2.45) is 13.0 Å². The molecule has 0 saturated heterocycles. The molecule has 0 amide bonds. The van der Waals surface area contributed by atoms with E-state index in [9.17, 15) is 0 Å². The van der Waals surface area contributed by atoms with Crippen LogP contribution in [0.1, 0.15) is 50.2 Å². The van der Waals surface area contributed by atoms with Gasteiger partial charge in [0.25, 0.3) is 0 Å². The summed E-state index contributed by atoms with van der Waals surface area (Å²) in [7, 11) is 6.35. The van der Waals surface area contributed by atoms with Gasteiger partial charge in [-0.25, -0.2) is 0 Å². The molecule has 1 aromatic heterocycles. The van der Waals surface area contributed by atoms with Gasteiger partial charge in [0, 0.05) is 36.9 Å². The summed E-state index contributed by atoms with van der Waals surface area (Å²) in [6.07, 6.45) is 1.22. The molecule has 0 aliphatic carbocycles. The molecule has 1 aromatic rings. The molecule has 0 fully saturated rings. The Morgan fingerprint density at radius 3 is 2.20 bits per heavy atom. The van der Waals surface area contributed by atoms with Gasteiger partial charge in [-0.1, -0.05) is 13.8 Å². The summed E-state index contributed by atoms with van der Waals surface area (Å²) in [4.78, 5) is 2.32. The molecule has 20 heavy (non-hydrogen) atoms. The quantitative estimate of drug-likeness (QED) is 0.833. The van der Waals surface area contributed by atoms with E-state index in [4.69, 9.17) is 0 Å². The summed E-state index contributed by atoms with van der Waals surface area (Å²) >= 11 is 0. The third-order valence-electron chi connectivity index (χ3n) is 4.13. The number of aryl methyl sites for hydroxylation is 2. The van der Waals surface area contributed by atoms with Crippen LogP contribution in [-0.2, 0) is 7.05 Å². The standard InChI is InChI=1S/C16H32N4/c1-11(2)9-15(19(6)7)10-17-12(3)16-13(4)18-20(8)14(16)5/h11-12,15,17H,9-10H2,1-8H3. The van der Waals surface area contributed by atoms with Crippen molar-refractivity contribution >= 4 is 0 Å². The molecular weight excluding hydrogens is 248 g/mol. The third kappa shape index (κ3) is 4.32. The van der Waals surface area contributed by atoms with Crippen LogP contribution in [0.25, 0.3) is 0 Å². The molecule has 4 heteroatoms. The van der Waals surface area contributed by atoms with E-state index in [-0.39, 0.29) is 0 Å². The molecule has 1 heterocycles. The zero-order chi connectivity index (χ0) is 15.4. The van der Waals surface area contributed by atoms with Crippen molar-refractivity contribution in [2.45, 2.75) is 53.1 Å². The average Bonchev–Trinajstić information content (AvgIpc) is 2.57. The highest BCUT2D eigenvalue weighted by Crippen LogP contribution is 2.21. The molecule has 0 aliphatic rings. The zero-order valence-electron chi connectivity index (χ0n) is 14.5. The van der Waals surface area contributed by atoms with E-state index in [1.54, 1.807) is 0 Å². The minimum Gasteiger partial charge on any atom is -0.309 e. The first kappa shape index (κ1) is 17.2. The Morgan fingerprint density at radius 1 is 1.20 bits per heavy atom. The Hall–Kier alpha value is -0.870. The summed E-state index contributed by atoms with van der Waals surface area (Å²) < 4.78 is 1.97. The first-order valence-corrected chi connectivity index (χ1v) is 7.63. The highest BCUT2D eigenvalue weighted by atomic mass is 15.3. The predicted molar refractivity (Wildman–Crippen MR) is 86.0 cm³/mol. The topological polar surface area (TPSA) is 33.1 Å². The highest BCUT2D eigenvalue weighted by Gasteiger charge is 2.19. The van der Waals surface area contributed by atoms with Gasteiger partial charge in [-0.15, -0.1) is 0 Å². The Bertz CT molecular complexity index is 420. The van der Waals surface area contributed by atoms with Gasteiger partial charge >= 0.3 is 0 Å². The summed E-state index contributed by atoms with van der Waals surface area (Å²) in [5, 5.41) is 8.19. The van der Waals surface area contributed by atoms with Crippen molar-refractivity contribution in [1.82, 2.24) is 20.0 Å². The number of nitrogens with zero attached hydrogens (tertiary/aromatic N) is 3. The molecule has 0 radical (unpaired) electrons. The molecule has 116 valence electrons. The molecule has 0 aliphatic heterocycles. The SMILES string of the molecule is Cc1nn(C)c(C)c1C(C)NCC(CC(C)C)N(C)C. The fourth-order valence-corrected chi connectivity index (χ4v) is 2.85. The van der Waals surface area contributed by atoms with E-state index >= 15 is 0 Å². The van der Waals surface area contributed by atoms with Crippen LogP contribution in [0.3, 0.4) is 0 Å². The molecule has 0 aromatic carbocycles. The normalized spacial score (nSPS) is 15.1. The molecule has 2 unspecified atom stereocenters. The van der Waals surface area contributed by atoms with Crippen LogP contribution in [0.15, 0.2) is 0 Å². The van der Waals surface area contributed by atoms with E-state index in [1.165, 1.54) is 17.7 Å². The summed E-state index contributed by atoms with van der Waals surface area (Å²) in [5.74, 6) is 0.723. The van der Waals surface area contributed by atoms with E-state index in [0.717, 1.165) is 18.2 Å². The van der Waals surface area contributed by atoms with Crippen LogP contribution in [0.4, 0.5) is 0 Å². The second kappa shape index (κ2) is 7.23. The second-order valence-corrected chi connectivity index (χ2v) is 6.59. The van der Waals surface area contributed by atoms with E-state index in [1.807, 2.05) is 11.7 Å². The molecular formula is C16H32N4. The Balaban J connectivity index is 2.68. The Labute approximate surface area is 124 Å². The maximum Gasteiger partial charge on any atom is 0.0644 e. The van der Waals surface area contributed by atoms with Crippen LogP contribution in [-0.4, -0.2) is 41.4 Å². The lowest BCUT2D eigenvalue weighted by atomic mass is 10.0. The van der Waals surface area contributed by atoms with Gasteiger partial charge in [0.05, 0.1) is 5.69 Å². The number of rotatable bonds is 7. The van der Waals surface area contributed by atoms with Crippen molar-refractivity contribution in [2.75, 3.05) is 20.6 Å². The van der Waals surface area contributed by atoms with Crippen LogP contribution >= 0.6 is 0 Å². The van der Waals surface area contributed by atoms with Gasteiger partial charge in [-0.05, 0) is 47.2 Å². The smallest absolute Gasteiger partial charge is 0.0644 e. The van der Waals surface area contributed by atoms with Crippen LogP contribution in [0, 0.1) is 19.8 Å². The Morgan fingerprint density at radius 2 is 1.80 bits per heavy atom. The molecule has 1 rings (SSSR count). The molecule has 0 saturated carbocycles. The number of nitrogens with one attached hydrogen (secondary N) is 1. The second-order valence-electron chi connectivity index (χ2n) is 6.59. The first-order valence-electron chi connectivity index (χ1n) is 7.63. The van der Waals surface area contributed by atoms with Gasteiger partial charge in [0.2, 0.25) is 0 Å². The lowest BCUT2D eigenvalue weighted by molar-refractivity contribution is 0.242. The number of aromatic nitrogens is 2. The first-order chi connectivity index (χ1) is 9.23. The number of hydrogen-bond donors (Lipinski definition) is 1. The summed E-state index contributed by atoms with van der Waals surface area (Å²) in [6.45, 7) is 12.1. The van der Waals surface area contributed by atoms with Crippen LogP contribution in [0.5, 0.6) is 0 Å². The van der Waals surface area contributed by atoms with Crippen LogP contribution in [0.2, 0.25) is 0 Å².